The van der Waals surface area contributed by atoms with Gasteiger partial charge in [-0.05, 0) is 25.0 Å². The summed E-state index contributed by atoms with van der Waals surface area (Å²) >= 11 is 1.85. The average Bonchev–Trinajstić information content (AvgIpc) is 2.39. The van der Waals surface area contributed by atoms with Crippen molar-refractivity contribution in [1.82, 2.24) is 5.32 Å². The summed E-state index contributed by atoms with van der Waals surface area (Å²) in [6.45, 7) is 5.51. The second-order valence-corrected chi connectivity index (χ2v) is 5.10. The van der Waals surface area contributed by atoms with Crippen molar-refractivity contribution in [2.45, 2.75) is 37.6 Å². The maximum absolute atomic E-state index is 5.32. The van der Waals surface area contributed by atoms with Crippen LogP contribution in [0, 0.1) is 0 Å². The molecule has 0 aliphatic heterocycles. The minimum absolute atomic E-state index is 0.660. The summed E-state index contributed by atoms with van der Waals surface area (Å²) in [5.74, 6) is 2.05. The summed E-state index contributed by atoms with van der Waals surface area (Å²) < 4.78 is 5.32. The molecular formula is C14H23NOS. The van der Waals surface area contributed by atoms with E-state index in [1.165, 1.54) is 17.7 Å². The molecule has 17 heavy (non-hydrogen) atoms. The van der Waals surface area contributed by atoms with E-state index in [9.17, 15) is 0 Å². The van der Waals surface area contributed by atoms with Gasteiger partial charge in [-0.1, -0.05) is 26.0 Å². The standard InChI is InChI=1S/C14H23NOS/c1-4-12(5-2)15-10-11-17-14-9-7-6-8-13(14)16-3/h6-9,12,15H,4-5,10-11H2,1-3H3. The number of nitrogens with one attached hydrogen (secondary N) is 1. The Morgan fingerprint density at radius 1 is 1.24 bits per heavy atom. The van der Waals surface area contributed by atoms with Crippen molar-refractivity contribution in [3.05, 3.63) is 24.3 Å². The summed E-state index contributed by atoms with van der Waals surface area (Å²) in [7, 11) is 1.72. The van der Waals surface area contributed by atoms with Crippen LogP contribution in [-0.2, 0) is 0 Å². The fourth-order valence-corrected chi connectivity index (χ4v) is 2.65. The van der Waals surface area contributed by atoms with Crippen molar-refractivity contribution in [2.24, 2.45) is 0 Å². The average molecular weight is 253 g/mol. The molecule has 0 heterocycles. The topological polar surface area (TPSA) is 21.3 Å². The molecule has 0 atom stereocenters. The molecule has 1 rings (SSSR count). The fraction of sp³-hybridized carbons (Fsp3) is 0.571. The number of methoxy groups -OCH3 is 1. The first-order valence-corrected chi connectivity index (χ1v) is 7.29. The SMILES string of the molecule is CCC(CC)NCCSc1ccccc1OC. The quantitative estimate of drug-likeness (QED) is 0.565. The van der Waals surface area contributed by atoms with Crippen molar-refractivity contribution in [3.8, 4) is 5.75 Å². The number of hydrogen-bond acceptors (Lipinski definition) is 3. The van der Waals surface area contributed by atoms with E-state index in [0.29, 0.717) is 6.04 Å². The minimum atomic E-state index is 0.660. The first-order valence-electron chi connectivity index (χ1n) is 6.31. The van der Waals surface area contributed by atoms with Crippen LogP contribution in [0.5, 0.6) is 5.75 Å². The molecule has 0 saturated heterocycles. The fourth-order valence-electron chi connectivity index (χ4n) is 1.74. The zero-order valence-electron chi connectivity index (χ0n) is 11.0. The lowest BCUT2D eigenvalue weighted by Gasteiger charge is -2.14. The Balaban J connectivity index is 2.30. The molecule has 0 bridgehead atoms. The van der Waals surface area contributed by atoms with Crippen LogP contribution in [0.1, 0.15) is 26.7 Å². The van der Waals surface area contributed by atoms with Crippen LogP contribution >= 0.6 is 11.8 Å². The van der Waals surface area contributed by atoms with E-state index in [0.717, 1.165) is 18.0 Å². The van der Waals surface area contributed by atoms with E-state index >= 15 is 0 Å². The number of benzene rings is 1. The van der Waals surface area contributed by atoms with Crippen LogP contribution in [0.4, 0.5) is 0 Å². The molecule has 1 N–H and O–H groups in total. The van der Waals surface area contributed by atoms with Crippen LogP contribution < -0.4 is 10.1 Å². The molecule has 96 valence electrons. The van der Waals surface area contributed by atoms with Gasteiger partial charge in [0.15, 0.2) is 0 Å². The van der Waals surface area contributed by atoms with Crippen LogP contribution in [0.2, 0.25) is 0 Å². The molecular weight excluding hydrogens is 230 g/mol. The summed E-state index contributed by atoms with van der Waals surface area (Å²) in [5, 5.41) is 3.57. The lowest BCUT2D eigenvalue weighted by Crippen LogP contribution is -2.29. The largest absolute Gasteiger partial charge is 0.496 e. The molecule has 0 fully saturated rings. The Morgan fingerprint density at radius 3 is 2.59 bits per heavy atom. The van der Waals surface area contributed by atoms with Gasteiger partial charge in [0.2, 0.25) is 0 Å². The number of hydrogen-bond donors (Lipinski definition) is 1. The lowest BCUT2D eigenvalue weighted by molar-refractivity contribution is 0.405. The number of para-hydroxylation sites is 1. The maximum Gasteiger partial charge on any atom is 0.132 e. The molecule has 0 radical (unpaired) electrons. The van der Waals surface area contributed by atoms with Gasteiger partial charge >= 0.3 is 0 Å². The third-order valence-corrected chi connectivity index (χ3v) is 3.90. The van der Waals surface area contributed by atoms with Crippen LogP contribution in [0.3, 0.4) is 0 Å². The van der Waals surface area contributed by atoms with Gasteiger partial charge in [-0.2, -0.15) is 0 Å². The Hall–Kier alpha value is -0.670. The van der Waals surface area contributed by atoms with Gasteiger partial charge in [0.05, 0.1) is 7.11 Å². The third kappa shape index (κ3) is 5.00. The van der Waals surface area contributed by atoms with Gasteiger partial charge in [0.25, 0.3) is 0 Å². The van der Waals surface area contributed by atoms with Crippen LogP contribution in [0.25, 0.3) is 0 Å². The van der Waals surface area contributed by atoms with Crippen LogP contribution in [0.15, 0.2) is 29.2 Å². The highest BCUT2D eigenvalue weighted by molar-refractivity contribution is 7.99. The molecule has 2 nitrogen and oxygen atoms in total. The monoisotopic (exact) mass is 253 g/mol. The van der Waals surface area contributed by atoms with Crippen LogP contribution in [-0.4, -0.2) is 25.4 Å². The van der Waals surface area contributed by atoms with E-state index < -0.39 is 0 Å². The van der Waals surface area contributed by atoms with E-state index in [4.69, 9.17) is 4.74 Å². The second kappa shape index (κ2) is 8.43. The predicted octanol–water partition coefficient (Wildman–Crippen LogP) is 3.57. The first-order chi connectivity index (χ1) is 8.31. The van der Waals surface area contributed by atoms with Crippen molar-refractivity contribution in [2.75, 3.05) is 19.4 Å². The summed E-state index contributed by atoms with van der Waals surface area (Å²) in [6.07, 6.45) is 2.41. The molecule has 1 aromatic carbocycles. The van der Waals surface area contributed by atoms with Gasteiger partial charge in [-0.25, -0.2) is 0 Å². The Morgan fingerprint density at radius 2 is 1.94 bits per heavy atom. The summed E-state index contributed by atoms with van der Waals surface area (Å²) in [4.78, 5) is 1.22. The smallest absolute Gasteiger partial charge is 0.132 e. The Bertz CT molecular complexity index is 313. The van der Waals surface area contributed by atoms with E-state index in [1.54, 1.807) is 7.11 Å². The summed E-state index contributed by atoms with van der Waals surface area (Å²) in [6, 6.07) is 8.84. The van der Waals surface area contributed by atoms with E-state index in [2.05, 4.69) is 31.3 Å². The van der Waals surface area contributed by atoms with Crippen molar-refractivity contribution >= 4 is 11.8 Å². The predicted molar refractivity (Wildman–Crippen MR) is 76.1 cm³/mol. The molecule has 0 amide bonds. The van der Waals surface area contributed by atoms with Gasteiger partial charge < -0.3 is 10.1 Å². The van der Waals surface area contributed by atoms with Gasteiger partial charge in [0, 0.05) is 23.2 Å². The van der Waals surface area contributed by atoms with Crippen molar-refractivity contribution in [3.63, 3.8) is 0 Å². The molecule has 1 aromatic rings. The molecule has 0 aromatic heterocycles. The molecule has 0 aliphatic carbocycles. The third-order valence-electron chi connectivity index (χ3n) is 2.85. The number of rotatable bonds is 8. The van der Waals surface area contributed by atoms with E-state index in [1.807, 2.05) is 23.9 Å². The maximum atomic E-state index is 5.32. The van der Waals surface area contributed by atoms with Crippen molar-refractivity contribution < 1.29 is 4.74 Å². The molecule has 0 aliphatic rings. The van der Waals surface area contributed by atoms with Gasteiger partial charge in [0.1, 0.15) is 5.75 Å². The first kappa shape index (κ1) is 14.4. The molecule has 3 heteroatoms. The minimum Gasteiger partial charge on any atom is -0.496 e. The molecule has 0 saturated carbocycles. The highest BCUT2D eigenvalue weighted by Crippen LogP contribution is 2.28. The summed E-state index contributed by atoms with van der Waals surface area (Å²) in [5.41, 5.74) is 0. The second-order valence-electron chi connectivity index (χ2n) is 3.97. The normalized spacial score (nSPS) is 10.8. The highest BCUT2D eigenvalue weighted by Gasteiger charge is 2.03. The zero-order valence-corrected chi connectivity index (χ0v) is 11.8. The van der Waals surface area contributed by atoms with Crippen molar-refractivity contribution in [1.29, 1.82) is 0 Å². The molecule has 0 unspecified atom stereocenters. The van der Waals surface area contributed by atoms with E-state index in [-0.39, 0.29) is 0 Å². The zero-order chi connectivity index (χ0) is 12.5. The number of ether oxygens (including phenoxy) is 1. The molecule has 0 spiro atoms. The Labute approximate surface area is 109 Å². The Kier molecular flexibility index (Phi) is 7.13. The lowest BCUT2D eigenvalue weighted by atomic mass is 10.2. The van der Waals surface area contributed by atoms with Gasteiger partial charge in [-0.3, -0.25) is 0 Å². The highest BCUT2D eigenvalue weighted by atomic mass is 32.2. The number of thioether (sulfide) groups is 1. The van der Waals surface area contributed by atoms with Gasteiger partial charge in [-0.15, -0.1) is 11.8 Å².